The Bertz CT molecular complexity index is 617. The zero-order valence-corrected chi connectivity index (χ0v) is 11.5. The van der Waals surface area contributed by atoms with Crippen molar-refractivity contribution in [2.24, 2.45) is 5.92 Å². The first kappa shape index (κ1) is 15.3. The predicted octanol–water partition coefficient (Wildman–Crippen LogP) is 1.50. The Hall–Kier alpha value is -1.12. The quantitative estimate of drug-likeness (QED) is 0.839. The van der Waals surface area contributed by atoms with Crippen LogP contribution in [0.5, 0.6) is 0 Å². The highest BCUT2D eigenvalue weighted by Gasteiger charge is 2.34. The predicted molar refractivity (Wildman–Crippen MR) is 64.9 cm³/mol. The molecule has 1 saturated carbocycles. The fourth-order valence-corrected chi connectivity index (χ4v) is 3.11. The second-order valence-corrected chi connectivity index (χ2v) is 6.88. The minimum Gasteiger partial charge on any atom is -0.391 e. The molecule has 1 N–H and O–H groups in total. The Labute approximate surface area is 114 Å². The molecule has 1 aromatic rings. The molecule has 1 aliphatic carbocycles. The molecule has 1 aromatic carbocycles. The first-order chi connectivity index (χ1) is 9.25. The third-order valence-corrected chi connectivity index (χ3v) is 5.14. The molecule has 0 saturated heterocycles. The minimum absolute atomic E-state index is 0.0439. The van der Waals surface area contributed by atoms with E-state index < -0.39 is 38.5 Å². The van der Waals surface area contributed by atoms with Gasteiger partial charge in [-0.05, 0) is 30.9 Å². The Morgan fingerprint density at radius 2 is 1.90 bits per heavy atom. The maximum Gasteiger partial charge on any atom is 0.245 e. The molecule has 0 spiro atoms. The summed E-state index contributed by atoms with van der Waals surface area (Å²) >= 11 is 0. The Morgan fingerprint density at radius 3 is 2.45 bits per heavy atom. The van der Waals surface area contributed by atoms with Gasteiger partial charge < -0.3 is 5.11 Å². The van der Waals surface area contributed by atoms with E-state index in [0.29, 0.717) is 12.1 Å². The van der Waals surface area contributed by atoms with E-state index in [9.17, 15) is 26.7 Å². The van der Waals surface area contributed by atoms with Crippen molar-refractivity contribution in [1.29, 1.82) is 0 Å². The van der Waals surface area contributed by atoms with Gasteiger partial charge in [-0.2, -0.15) is 4.31 Å². The van der Waals surface area contributed by atoms with Crippen LogP contribution in [-0.4, -0.2) is 37.5 Å². The van der Waals surface area contributed by atoms with Crippen molar-refractivity contribution < 1.29 is 26.7 Å². The van der Waals surface area contributed by atoms with Crippen molar-refractivity contribution in [2.45, 2.75) is 23.8 Å². The fraction of sp³-hybridized carbons (Fsp3) is 0.500. The van der Waals surface area contributed by atoms with Gasteiger partial charge in [-0.1, -0.05) is 0 Å². The van der Waals surface area contributed by atoms with Crippen molar-refractivity contribution in [1.82, 2.24) is 4.31 Å². The van der Waals surface area contributed by atoms with Crippen LogP contribution < -0.4 is 0 Å². The molecule has 1 unspecified atom stereocenters. The van der Waals surface area contributed by atoms with E-state index in [4.69, 9.17) is 0 Å². The molecule has 8 heteroatoms. The van der Waals surface area contributed by atoms with Crippen LogP contribution in [0.25, 0.3) is 0 Å². The summed E-state index contributed by atoms with van der Waals surface area (Å²) in [5.74, 6) is -5.00. The normalized spacial score (nSPS) is 17.5. The van der Waals surface area contributed by atoms with Gasteiger partial charge in [0.05, 0.1) is 6.10 Å². The van der Waals surface area contributed by atoms with Gasteiger partial charge in [-0.3, -0.25) is 0 Å². The molecule has 1 fully saturated rings. The van der Waals surface area contributed by atoms with Gasteiger partial charge in [0.1, 0.15) is 4.90 Å². The Morgan fingerprint density at radius 1 is 1.30 bits per heavy atom. The van der Waals surface area contributed by atoms with Crippen LogP contribution in [-0.2, 0) is 10.0 Å². The van der Waals surface area contributed by atoms with Crippen LogP contribution in [0.4, 0.5) is 13.2 Å². The van der Waals surface area contributed by atoms with E-state index in [-0.39, 0.29) is 12.5 Å². The maximum absolute atomic E-state index is 13.5. The van der Waals surface area contributed by atoms with Crippen molar-refractivity contribution >= 4 is 10.0 Å². The number of halogens is 3. The number of likely N-dealkylation sites (N-methyl/N-ethyl adjacent to an activating group) is 1. The lowest BCUT2D eigenvalue weighted by atomic mass is 10.2. The summed E-state index contributed by atoms with van der Waals surface area (Å²) < 4.78 is 64.4. The lowest BCUT2D eigenvalue weighted by Crippen LogP contribution is -2.35. The van der Waals surface area contributed by atoms with Gasteiger partial charge in [-0.25, -0.2) is 21.6 Å². The van der Waals surface area contributed by atoms with Crippen molar-refractivity contribution in [3.63, 3.8) is 0 Å². The molecule has 0 amide bonds. The van der Waals surface area contributed by atoms with Crippen LogP contribution in [0.2, 0.25) is 0 Å². The highest BCUT2D eigenvalue weighted by Crippen LogP contribution is 2.33. The van der Waals surface area contributed by atoms with Gasteiger partial charge in [0.15, 0.2) is 17.5 Å². The molecule has 4 nitrogen and oxygen atoms in total. The van der Waals surface area contributed by atoms with Crippen LogP contribution in [0.15, 0.2) is 17.0 Å². The molecular weight excluding hydrogens is 295 g/mol. The zero-order chi connectivity index (χ0) is 15.1. The summed E-state index contributed by atoms with van der Waals surface area (Å²) in [5.41, 5.74) is 0. The summed E-state index contributed by atoms with van der Waals surface area (Å²) in [7, 11) is -3.16. The number of hydrogen-bond acceptors (Lipinski definition) is 3. The van der Waals surface area contributed by atoms with E-state index in [0.717, 1.165) is 24.2 Å². The molecule has 0 heterocycles. The maximum atomic E-state index is 13.5. The highest BCUT2D eigenvalue weighted by atomic mass is 32.2. The molecule has 1 aliphatic rings. The lowest BCUT2D eigenvalue weighted by molar-refractivity contribution is 0.131. The number of sulfonamides is 1. The summed E-state index contributed by atoms with van der Waals surface area (Å²) in [6.45, 7) is -0.217. The Kier molecular flexibility index (Phi) is 4.08. The minimum atomic E-state index is -4.32. The summed E-state index contributed by atoms with van der Waals surface area (Å²) in [4.78, 5) is -0.943. The van der Waals surface area contributed by atoms with Gasteiger partial charge in [0.2, 0.25) is 10.0 Å². The average molecular weight is 309 g/mol. The van der Waals surface area contributed by atoms with Crippen molar-refractivity contribution in [2.75, 3.05) is 13.6 Å². The largest absolute Gasteiger partial charge is 0.391 e. The monoisotopic (exact) mass is 309 g/mol. The van der Waals surface area contributed by atoms with E-state index in [1.54, 1.807) is 0 Å². The summed E-state index contributed by atoms with van der Waals surface area (Å²) in [6, 6.07) is 1.22. The van der Waals surface area contributed by atoms with Gasteiger partial charge in [-0.15, -0.1) is 0 Å². The number of benzene rings is 1. The number of hydrogen-bond donors (Lipinski definition) is 1. The fourth-order valence-electron chi connectivity index (χ4n) is 1.87. The second-order valence-electron chi connectivity index (χ2n) is 4.86. The van der Waals surface area contributed by atoms with E-state index in [2.05, 4.69) is 0 Å². The molecule has 112 valence electrons. The van der Waals surface area contributed by atoms with Crippen LogP contribution >= 0.6 is 0 Å². The molecule has 0 aliphatic heterocycles. The summed E-state index contributed by atoms with van der Waals surface area (Å²) in [6.07, 6.45) is 0.784. The molecule has 1 atom stereocenters. The van der Waals surface area contributed by atoms with Gasteiger partial charge in [0.25, 0.3) is 0 Å². The smallest absolute Gasteiger partial charge is 0.245 e. The lowest BCUT2D eigenvalue weighted by Gasteiger charge is -2.20. The SMILES string of the molecule is CN(CC(O)C1CC1)S(=O)(=O)c1ccc(F)c(F)c1F. The first-order valence-electron chi connectivity index (χ1n) is 6.03. The van der Waals surface area contributed by atoms with Crippen LogP contribution in [0.1, 0.15) is 12.8 Å². The van der Waals surface area contributed by atoms with Crippen molar-refractivity contribution in [3.05, 3.63) is 29.6 Å². The third kappa shape index (κ3) is 2.82. The topological polar surface area (TPSA) is 57.6 Å². The molecule has 0 aromatic heterocycles. The van der Waals surface area contributed by atoms with Crippen LogP contribution in [0, 0.1) is 23.4 Å². The molecule has 0 radical (unpaired) electrons. The standard InChI is InChI=1S/C12H14F3NO3S/c1-16(6-9(17)7-2-3-7)20(18,19)10-5-4-8(13)11(14)12(10)15/h4-5,7,9,17H,2-3,6H2,1H3. The van der Waals surface area contributed by atoms with Crippen LogP contribution in [0.3, 0.4) is 0 Å². The number of nitrogens with zero attached hydrogens (tertiary/aromatic N) is 1. The number of aliphatic hydroxyl groups is 1. The number of rotatable bonds is 5. The van der Waals surface area contributed by atoms with E-state index >= 15 is 0 Å². The van der Waals surface area contributed by atoms with Crippen molar-refractivity contribution in [3.8, 4) is 0 Å². The van der Waals surface area contributed by atoms with Gasteiger partial charge >= 0.3 is 0 Å². The summed E-state index contributed by atoms with van der Waals surface area (Å²) in [5, 5.41) is 9.70. The average Bonchev–Trinajstić information content (AvgIpc) is 3.19. The van der Waals surface area contributed by atoms with E-state index in [1.807, 2.05) is 0 Å². The van der Waals surface area contributed by atoms with Gasteiger partial charge in [0, 0.05) is 13.6 Å². The zero-order valence-electron chi connectivity index (χ0n) is 10.7. The molecular formula is C12H14F3NO3S. The molecule has 0 bridgehead atoms. The third-order valence-electron chi connectivity index (χ3n) is 3.30. The molecule has 20 heavy (non-hydrogen) atoms. The highest BCUT2D eigenvalue weighted by molar-refractivity contribution is 7.89. The van der Waals surface area contributed by atoms with E-state index in [1.165, 1.54) is 0 Å². The molecule has 2 rings (SSSR count). The Balaban J connectivity index is 2.27. The first-order valence-corrected chi connectivity index (χ1v) is 7.47. The number of aliphatic hydroxyl groups excluding tert-OH is 1. The second kappa shape index (κ2) is 5.34.